The summed E-state index contributed by atoms with van der Waals surface area (Å²) in [5, 5.41) is 10.2. The number of hydrogen-bond acceptors (Lipinski definition) is 3. The van der Waals surface area contributed by atoms with Gasteiger partial charge >= 0.3 is 6.03 Å². The van der Waals surface area contributed by atoms with Crippen LogP contribution in [0.25, 0.3) is 0 Å². The molecule has 1 aromatic carbocycles. The van der Waals surface area contributed by atoms with E-state index < -0.39 is 5.82 Å². The van der Waals surface area contributed by atoms with Crippen LogP contribution in [0, 0.1) is 11.7 Å². The fraction of sp³-hybridized carbons (Fsp3) is 0.368. The molecule has 1 saturated carbocycles. The largest absolute Gasteiger partial charge is 0.330 e. The second-order valence-corrected chi connectivity index (χ2v) is 7.49. The normalized spacial score (nSPS) is 15.5. The molecule has 1 atom stereocenters. The number of amides is 3. The smallest absolute Gasteiger partial charge is 0.319 e. The van der Waals surface area contributed by atoms with E-state index in [1.807, 2.05) is 17.5 Å². The first-order valence-corrected chi connectivity index (χ1v) is 9.59. The van der Waals surface area contributed by atoms with Crippen molar-refractivity contribution in [2.24, 2.45) is 5.92 Å². The summed E-state index contributed by atoms with van der Waals surface area (Å²) in [6, 6.07) is 7.77. The van der Waals surface area contributed by atoms with Crippen LogP contribution in [-0.4, -0.2) is 11.9 Å². The lowest BCUT2D eigenvalue weighted by Gasteiger charge is -2.24. The van der Waals surface area contributed by atoms with Crippen molar-refractivity contribution in [3.05, 3.63) is 46.4 Å². The van der Waals surface area contributed by atoms with Crippen LogP contribution in [0.2, 0.25) is 0 Å². The molecule has 3 rings (SSSR count). The molecular weight excluding hydrogens is 353 g/mol. The highest BCUT2D eigenvalue weighted by Crippen LogP contribution is 2.37. The summed E-state index contributed by atoms with van der Waals surface area (Å²) in [7, 11) is 0. The molecule has 0 bridgehead atoms. The average molecular weight is 375 g/mol. The number of urea groups is 1. The molecule has 1 aliphatic rings. The highest BCUT2D eigenvalue weighted by molar-refractivity contribution is 7.10. The maximum atomic E-state index is 13.7. The van der Waals surface area contributed by atoms with Gasteiger partial charge in [0.2, 0.25) is 5.91 Å². The van der Waals surface area contributed by atoms with E-state index in [-0.39, 0.29) is 23.7 Å². The molecule has 5 nitrogen and oxygen atoms in total. The third kappa shape index (κ3) is 4.60. The molecule has 0 aliphatic heterocycles. The van der Waals surface area contributed by atoms with Gasteiger partial charge in [-0.2, -0.15) is 0 Å². The molecule has 1 unspecified atom stereocenters. The lowest BCUT2D eigenvalue weighted by atomic mass is 9.97. The highest BCUT2D eigenvalue weighted by Gasteiger charge is 2.28. The molecule has 1 aromatic heterocycles. The minimum absolute atomic E-state index is 0.0206. The minimum Gasteiger partial charge on any atom is -0.330 e. The number of rotatable bonds is 5. The molecule has 1 fully saturated rings. The number of hydrogen-bond donors (Lipinski definition) is 3. The Balaban J connectivity index is 1.69. The Hall–Kier alpha value is -2.41. The number of nitrogens with one attached hydrogen (secondary N) is 3. The van der Waals surface area contributed by atoms with Gasteiger partial charge in [-0.15, -0.1) is 11.3 Å². The monoisotopic (exact) mass is 375 g/mol. The van der Waals surface area contributed by atoms with Gasteiger partial charge in [-0.05, 0) is 48.4 Å². The third-order valence-electron chi connectivity index (χ3n) is 4.54. The van der Waals surface area contributed by atoms with Gasteiger partial charge in [-0.25, -0.2) is 9.18 Å². The summed E-state index contributed by atoms with van der Waals surface area (Å²) in [5.41, 5.74) is 0.463. The number of carbonyl (C=O) groups excluding carboxylic acids is 2. The predicted molar refractivity (Wildman–Crippen MR) is 102 cm³/mol. The van der Waals surface area contributed by atoms with Gasteiger partial charge in [-0.3, -0.25) is 4.79 Å². The topological polar surface area (TPSA) is 70.2 Å². The highest BCUT2D eigenvalue weighted by atomic mass is 32.1. The van der Waals surface area contributed by atoms with E-state index in [2.05, 4.69) is 16.0 Å². The first-order chi connectivity index (χ1) is 12.5. The summed E-state index contributed by atoms with van der Waals surface area (Å²) in [5.74, 6) is -0.486. The van der Waals surface area contributed by atoms with Gasteiger partial charge in [0.1, 0.15) is 5.82 Å². The van der Waals surface area contributed by atoms with Crippen LogP contribution in [0.4, 0.5) is 20.6 Å². The Morgan fingerprint density at radius 2 is 1.96 bits per heavy atom. The summed E-state index contributed by atoms with van der Waals surface area (Å²) >= 11 is 1.64. The fourth-order valence-corrected chi connectivity index (χ4v) is 4.25. The molecule has 1 aliphatic carbocycles. The molecule has 3 N–H and O–H groups in total. The van der Waals surface area contributed by atoms with Crippen LogP contribution in [0.5, 0.6) is 0 Å². The van der Waals surface area contributed by atoms with Gasteiger partial charge in [-0.1, -0.05) is 18.9 Å². The van der Waals surface area contributed by atoms with E-state index in [0.717, 1.165) is 17.7 Å². The predicted octanol–water partition coefficient (Wildman–Crippen LogP) is 4.90. The summed E-state index contributed by atoms with van der Waals surface area (Å²) in [6.45, 7) is 1.31. The Bertz CT molecular complexity index is 773. The molecule has 0 radical (unpaired) electrons. The van der Waals surface area contributed by atoms with E-state index >= 15 is 0 Å². The summed E-state index contributed by atoms with van der Waals surface area (Å²) < 4.78 is 13.7. The second-order valence-electron chi connectivity index (χ2n) is 6.51. The van der Waals surface area contributed by atoms with E-state index in [9.17, 15) is 14.0 Å². The van der Waals surface area contributed by atoms with Crippen molar-refractivity contribution in [3.63, 3.8) is 0 Å². The first kappa shape index (κ1) is 18.4. The van der Waals surface area contributed by atoms with E-state index in [1.165, 1.54) is 38.0 Å². The van der Waals surface area contributed by atoms with Crippen molar-refractivity contribution < 1.29 is 14.0 Å². The standard InChI is InChI=1S/C19H22FN3O2S/c1-12(24)21-16-11-14(8-9-15(16)20)22-19(25)23-18(13-5-2-3-6-13)17-7-4-10-26-17/h4,7-11,13,18H,2-3,5-6H2,1H3,(H,21,24)(H2,22,23,25). The zero-order chi connectivity index (χ0) is 18.5. The molecule has 7 heteroatoms. The van der Waals surface area contributed by atoms with Crippen LogP contribution in [-0.2, 0) is 4.79 Å². The van der Waals surface area contributed by atoms with Gasteiger partial charge in [0, 0.05) is 17.5 Å². The lowest BCUT2D eigenvalue weighted by molar-refractivity contribution is -0.114. The van der Waals surface area contributed by atoms with Gasteiger partial charge < -0.3 is 16.0 Å². The van der Waals surface area contributed by atoms with Crippen molar-refractivity contribution in [2.45, 2.75) is 38.6 Å². The van der Waals surface area contributed by atoms with Crippen molar-refractivity contribution >= 4 is 34.6 Å². The maximum absolute atomic E-state index is 13.7. The van der Waals surface area contributed by atoms with E-state index in [4.69, 9.17) is 0 Å². The quantitative estimate of drug-likeness (QED) is 0.696. The van der Waals surface area contributed by atoms with Crippen LogP contribution in [0.1, 0.15) is 43.5 Å². The Morgan fingerprint density at radius 1 is 1.19 bits per heavy atom. The molecule has 1 heterocycles. The average Bonchev–Trinajstić information content (AvgIpc) is 3.29. The van der Waals surface area contributed by atoms with Gasteiger partial charge in [0.25, 0.3) is 0 Å². The molecule has 0 saturated heterocycles. The molecule has 26 heavy (non-hydrogen) atoms. The number of benzene rings is 1. The SMILES string of the molecule is CC(=O)Nc1cc(NC(=O)NC(c2cccs2)C2CCCC2)ccc1F. The Kier molecular flexibility index (Phi) is 5.88. The molecule has 3 amide bonds. The van der Waals surface area contributed by atoms with Gasteiger partial charge in [0.15, 0.2) is 0 Å². The number of halogens is 1. The second kappa shape index (κ2) is 8.31. The van der Waals surface area contributed by atoms with Crippen molar-refractivity contribution in [1.29, 1.82) is 0 Å². The van der Waals surface area contributed by atoms with Crippen molar-refractivity contribution in [3.8, 4) is 0 Å². The number of anilines is 2. The zero-order valence-corrected chi connectivity index (χ0v) is 15.4. The van der Waals surface area contributed by atoms with Crippen molar-refractivity contribution in [1.82, 2.24) is 5.32 Å². The summed E-state index contributed by atoms with van der Waals surface area (Å²) in [4.78, 5) is 24.8. The Morgan fingerprint density at radius 3 is 2.62 bits per heavy atom. The number of thiophene rings is 1. The van der Waals surface area contributed by atoms with E-state index in [0.29, 0.717) is 11.6 Å². The zero-order valence-electron chi connectivity index (χ0n) is 14.5. The lowest BCUT2D eigenvalue weighted by Crippen LogP contribution is -2.35. The van der Waals surface area contributed by atoms with Crippen LogP contribution in [0.15, 0.2) is 35.7 Å². The van der Waals surface area contributed by atoms with Crippen LogP contribution >= 0.6 is 11.3 Å². The van der Waals surface area contributed by atoms with Crippen LogP contribution < -0.4 is 16.0 Å². The summed E-state index contributed by atoms with van der Waals surface area (Å²) in [6.07, 6.45) is 4.58. The molecular formula is C19H22FN3O2S. The molecule has 138 valence electrons. The fourth-order valence-electron chi connectivity index (χ4n) is 3.38. The molecule has 0 spiro atoms. The van der Waals surface area contributed by atoms with Gasteiger partial charge in [0.05, 0.1) is 11.7 Å². The molecule has 2 aromatic rings. The van der Waals surface area contributed by atoms with E-state index in [1.54, 1.807) is 11.3 Å². The minimum atomic E-state index is -0.548. The maximum Gasteiger partial charge on any atom is 0.319 e. The van der Waals surface area contributed by atoms with Crippen LogP contribution in [0.3, 0.4) is 0 Å². The number of carbonyl (C=O) groups is 2. The first-order valence-electron chi connectivity index (χ1n) is 8.71. The Labute approximate surface area is 156 Å². The third-order valence-corrected chi connectivity index (χ3v) is 5.50. The van der Waals surface area contributed by atoms with Crippen molar-refractivity contribution in [2.75, 3.05) is 10.6 Å².